The fraction of sp³-hybridized carbons (Fsp3) is 0.706. The van der Waals surface area contributed by atoms with Crippen molar-refractivity contribution in [1.82, 2.24) is 27.4 Å². The Bertz CT molecular complexity index is 3630. The number of benzene rings is 2. The molecule has 0 aliphatic carbocycles. The first-order valence-corrected chi connectivity index (χ1v) is 43.9. The number of nitrogens with zero attached hydrogens (tertiary/aromatic N) is 6. The zero-order chi connectivity index (χ0) is 96.6. The van der Waals surface area contributed by atoms with Crippen LogP contribution in [0.15, 0.2) is 128 Å². The number of carbonyl (C=O) groups is 4. The highest BCUT2D eigenvalue weighted by molar-refractivity contribution is 6.00. The molecule has 0 aliphatic rings. The quantitative estimate of drug-likeness (QED) is 0.0269. The Morgan fingerprint density at radius 1 is 0.331 bits per heavy atom. The highest BCUT2D eigenvalue weighted by Crippen LogP contribution is 2.29. The summed E-state index contributed by atoms with van der Waals surface area (Å²) in [5.41, 5.74) is 2.33. The lowest BCUT2D eigenvalue weighted by atomic mass is 9.86. The van der Waals surface area contributed by atoms with Crippen molar-refractivity contribution in [3.05, 3.63) is 173 Å². The molecule has 4 aromatic rings. The van der Waals surface area contributed by atoms with Crippen molar-refractivity contribution >= 4 is 23.1 Å². The maximum absolute atomic E-state index is 12.4. The molecule has 0 fully saturated rings. The number of carbonyl (C=O) groups excluding carboxylic acids is 4. The number of ketones is 4. The molecule has 19 nitrogen and oxygen atoms in total. The molecule has 19 heteroatoms. The summed E-state index contributed by atoms with van der Waals surface area (Å²) in [6, 6.07) is 16.5. The summed E-state index contributed by atoms with van der Waals surface area (Å²) in [6.45, 7) is 102. The second-order valence-electron chi connectivity index (χ2n) is 44.5. The lowest BCUT2D eigenvalue weighted by Gasteiger charge is -2.20. The molecule has 121 heavy (non-hydrogen) atoms. The number of ether oxygens (including phenoxy) is 3. The maximum Gasteiger partial charge on any atom is 0.336 e. The second-order valence-corrected chi connectivity index (χ2v) is 44.5. The lowest BCUT2D eigenvalue weighted by Crippen LogP contribution is -2.54. The van der Waals surface area contributed by atoms with Gasteiger partial charge in [-0.25, -0.2) is 56.2 Å². The molecule has 0 bridgehead atoms. The number of aromatic nitrogens is 6. The number of hydrogen-bond donors (Lipinski definition) is 0. The van der Waals surface area contributed by atoms with Gasteiger partial charge in [-0.15, -0.1) is 26.3 Å². The number of rotatable bonds is 30. The number of hydrogen-bond acceptors (Lipinski definition) is 13. The Morgan fingerprint density at radius 2 is 0.537 bits per heavy atom. The van der Waals surface area contributed by atoms with Crippen LogP contribution in [-0.4, -0.2) is 70.0 Å². The first-order chi connectivity index (χ1) is 54.4. The summed E-state index contributed by atoms with van der Waals surface area (Å²) in [6.07, 6.45) is 14.2. The van der Waals surface area contributed by atoms with E-state index >= 15 is 0 Å². The van der Waals surface area contributed by atoms with Gasteiger partial charge in [0.05, 0.1) is 44.6 Å². The molecule has 1 unspecified atom stereocenters. The Kier molecular flexibility index (Phi) is 60.1. The van der Waals surface area contributed by atoms with E-state index in [0.717, 1.165) is 84.0 Å². The maximum atomic E-state index is 12.4. The van der Waals surface area contributed by atoms with E-state index < -0.39 is 34.1 Å². The van der Waals surface area contributed by atoms with Crippen molar-refractivity contribution in [2.75, 3.05) is 13.2 Å². The lowest BCUT2D eigenvalue weighted by molar-refractivity contribution is -0.132. The van der Waals surface area contributed by atoms with Crippen molar-refractivity contribution in [2.45, 2.75) is 404 Å². The van der Waals surface area contributed by atoms with E-state index in [1.54, 1.807) is 0 Å². The summed E-state index contributed by atoms with van der Waals surface area (Å²) >= 11 is 0. The topological polar surface area (TPSA) is 228 Å². The van der Waals surface area contributed by atoms with Gasteiger partial charge in [0, 0.05) is 19.7 Å². The predicted octanol–water partition coefficient (Wildman–Crippen LogP) is 24.1. The monoisotopic (exact) mass is 1700 g/mol. The molecule has 0 aliphatic heterocycles. The van der Waals surface area contributed by atoms with Gasteiger partial charge < -0.3 is 14.2 Å². The van der Waals surface area contributed by atoms with E-state index in [-0.39, 0.29) is 99.9 Å². The van der Waals surface area contributed by atoms with Gasteiger partial charge in [-0.05, 0) is 189 Å². The van der Waals surface area contributed by atoms with Crippen LogP contribution in [0.1, 0.15) is 359 Å². The predicted molar refractivity (Wildman–Crippen MR) is 517 cm³/mol. The first-order valence-electron chi connectivity index (χ1n) is 43.9. The van der Waals surface area contributed by atoms with Gasteiger partial charge in [-0.1, -0.05) is 297 Å². The van der Waals surface area contributed by atoms with Crippen LogP contribution in [0.4, 0.5) is 0 Å². The number of Topliss-reactive ketones (excluding diaryl/α,β-unsaturated/α-hetero) is 4. The molecule has 0 radical (unpaired) electrons. The Labute approximate surface area is 737 Å². The Morgan fingerprint density at radius 3 is 0.719 bits per heavy atom. The van der Waals surface area contributed by atoms with E-state index in [4.69, 9.17) is 14.2 Å². The normalized spacial score (nSPS) is 11.9. The van der Waals surface area contributed by atoms with Gasteiger partial charge in [0.1, 0.15) is 34.6 Å². The van der Waals surface area contributed by atoms with Crippen LogP contribution < -0.4 is 43.6 Å². The molecule has 0 amide bonds. The van der Waals surface area contributed by atoms with E-state index in [1.807, 2.05) is 45.0 Å². The van der Waals surface area contributed by atoms with Gasteiger partial charge in [-0.3, -0.25) is 19.2 Å². The average molecular weight is 1700 g/mol. The van der Waals surface area contributed by atoms with Gasteiger partial charge in [0.25, 0.3) is 0 Å². The van der Waals surface area contributed by atoms with Crippen LogP contribution >= 0.6 is 0 Å². The van der Waals surface area contributed by atoms with Crippen molar-refractivity contribution < 1.29 is 33.4 Å². The molecule has 2 heterocycles. The molecule has 1 atom stereocenters. The summed E-state index contributed by atoms with van der Waals surface area (Å²) in [7, 11) is 0. The van der Waals surface area contributed by atoms with Gasteiger partial charge in [0.2, 0.25) is 0 Å². The average Bonchev–Trinajstić information content (AvgIpc) is 0.790. The molecule has 2 aromatic carbocycles. The summed E-state index contributed by atoms with van der Waals surface area (Å²) < 4.78 is 22.6. The van der Waals surface area contributed by atoms with Crippen molar-refractivity contribution in [3.8, 4) is 11.5 Å². The molecule has 4 rings (SSSR count). The molecule has 0 saturated heterocycles. The Balaban J connectivity index is -0.000000316. The molecule has 0 spiro atoms. The second kappa shape index (κ2) is 58.6. The minimum absolute atomic E-state index is 0.00593. The molecular weight excluding hydrogens is 1520 g/mol. The third-order valence-corrected chi connectivity index (χ3v) is 15.9. The van der Waals surface area contributed by atoms with Crippen LogP contribution in [0.2, 0.25) is 0 Å². The smallest absolute Gasteiger partial charge is 0.336 e. The fourth-order valence-corrected chi connectivity index (χ4v) is 10.2. The van der Waals surface area contributed by atoms with Crippen LogP contribution in [0.5, 0.6) is 11.5 Å². The van der Waals surface area contributed by atoms with Gasteiger partial charge in [0.15, 0.2) is 6.29 Å². The highest BCUT2D eigenvalue weighted by atomic mass is 16.7. The molecular formula is C102H182N6O13. The third-order valence-electron chi connectivity index (χ3n) is 15.9. The van der Waals surface area contributed by atoms with E-state index in [1.165, 1.54) is 63.1 Å². The SMILES string of the molecule is C=CCn1c(=O)n(CC=C)c(=O)n(CCCC(C)(C)C)c1=O.C=CCn1c(=O)n(CC=C)c(=O)n(CCCC(C)(C)C)c1=O.CC(=O)C(CCCC(C)(C)C)C(C)=O.CC(=O)C(CCCC(C)(C)C)C(C)=O.CC(C)(C)C.CC(C)(C)C.CC(C)(C)C.CC(C)(C)C.CCOC(C)Oc1ccc(C(C)(C)C)cc1.CCOc1ccc(C(C)(C)C)cc1. The zero-order valence-electron chi connectivity index (χ0n) is 85.2. The van der Waals surface area contributed by atoms with Crippen molar-refractivity contribution in [3.63, 3.8) is 0 Å². The zero-order valence-corrected chi connectivity index (χ0v) is 85.2. The van der Waals surface area contributed by atoms with E-state index in [9.17, 15) is 47.9 Å². The van der Waals surface area contributed by atoms with E-state index in [0.29, 0.717) is 67.0 Å². The van der Waals surface area contributed by atoms with Crippen LogP contribution in [0.25, 0.3) is 0 Å². The minimum atomic E-state index is -0.623. The highest BCUT2D eigenvalue weighted by Gasteiger charge is 2.24. The van der Waals surface area contributed by atoms with Gasteiger partial charge >= 0.3 is 34.1 Å². The number of allylic oxidation sites excluding steroid dienone is 4. The van der Waals surface area contributed by atoms with Crippen LogP contribution in [0, 0.1) is 55.2 Å². The van der Waals surface area contributed by atoms with Crippen LogP contribution in [-0.2, 0) is 74.0 Å². The van der Waals surface area contributed by atoms with Gasteiger partial charge in [-0.2, -0.15) is 0 Å². The summed E-state index contributed by atoms with van der Waals surface area (Å²) in [5.74, 6) is 1.11. The van der Waals surface area contributed by atoms with E-state index in [2.05, 4.69) is 286 Å². The Hall–Kier alpha value is -7.54. The van der Waals surface area contributed by atoms with Crippen molar-refractivity contribution in [1.29, 1.82) is 0 Å². The van der Waals surface area contributed by atoms with Crippen molar-refractivity contribution in [2.24, 2.45) is 55.2 Å². The first kappa shape index (κ1) is 124. The molecule has 698 valence electrons. The fourth-order valence-electron chi connectivity index (χ4n) is 10.2. The molecule has 0 N–H and O–H groups in total. The minimum Gasteiger partial charge on any atom is -0.494 e. The standard InChI is InChI=1S/2C16H25N3O3.C14H22O2.2C12H22O2.C12H18O.4C5H12/c2*1-6-10-17-13(20)18(11-7-2)15(22)19(14(17)21)12-8-9-16(3,4)5;1-6-15-11(2)16-13-9-7-12(8-10-13)14(3,4)5;2*1-9(13)11(10(2)14)7-6-8-12(3,4)5;1-5-13-11-8-6-10(7-9-11)12(2,3)4;4*1-5(2,3)4/h2*6-7H,1-2,8-12H2,3-5H3;7-11H,6H2,1-5H3;2*11H,6-8H2,1-5H3;6-9H,5H2,1-4H3;4*1-4H3. The largest absolute Gasteiger partial charge is 0.494 e. The summed E-state index contributed by atoms with van der Waals surface area (Å²) in [5, 5.41) is 0. The molecule has 0 saturated carbocycles. The third kappa shape index (κ3) is 71.6. The van der Waals surface area contributed by atoms with Crippen LogP contribution in [0.3, 0.4) is 0 Å². The molecule has 2 aromatic heterocycles. The summed E-state index contributed by atoms with van der Waals surface area (Å²) in [4.78, 5) is 118.